The Labute approximate surface area is 111 Å². The van der Waals surface area contributed by atoms with E-state index in [-0.39, 0.29) is 5.91 Å². The van der Waals surface area contributed by atoms with E-state index < -0.39 is 0 Å². The Balaban J connectivity index is 1.54. The van der Waals surface area contributed by atoms with Gasteiger partial charge in [-0.15, -0.1) is 0 Å². The van der Waals surface area contributed by atoms with Crippen molar-refractivity contribution in [3.8, 4) is 0 Å². The molecule has 7 heteroatoms. The maximum atomic E-state index is 11.7. The molecule has 1 unspecified atom stereocenters. The molecule has 1 fully saturated rings. The second-order valence-electron chi connectivity index (χ2n) is 4.32. The Morgan fingerprint density at radius 3 is 3.28 bits per heavy atom. The zero-order valence-electron chi connectivity index (χ0n) is 10.3. The number of nitrogens with one attached hydrogen (secondary N) is 3. The molecule has 1 amide bonds. The van der Waals surface area contributed by atoms with Gasteiger partial charge in [0, 0.05) is 43.5 Å². The smallest absolute Gasteiger partial charge is 0.221 e. The molecule has 2 heterocycles. The number of carbonyl (C=O) groups is 1. The maximum Gasteiger partial charge on any atom is 0.221 e. The quantitative estimate of drug-likeness (QED) is 0.631. The summed E-state index contributed by atoms with van der Waals surface area (Å²) >= 11 is 1.91. The maximum absolute atomic E-state index is 11.7. The highest BCUT2D eigenvalue weighted by molar-refractivity contribution is 7.99. The third-order valence-corrected chi connectivity index (χ3v) is 3.94. The number of hydrogen-bond acceptors (Lipinski definition) is 5. The third-order valence-electron chi connectivity index (χ3n) is 2.81. The van der Waals surface area contributed by atoms with Crippen LogP contribution in [-0.2, 0) is 11.2 Å². The lowest BCUT2D eigenvalue weighted by atomic mass is 10.2. The molecular weight excluding hydrogens is 250 g/mol. The largest absolute Gasteiger partial charge is 0.356 e. The first kappa shape index (κ1) is 13.4. The highest BCUT2D eigenvalue weighted by Crippen LogP contribution is 2.09. The van der Waals surface area contributed by atoms with Gasteiger partial charge in [-0.1, -0.05) is 0 Å². The van der Waals surface area contributed by atoms with Gasteiger partial charge >= 0.3 is 0 Å². The van der Waals surface area contributed by atoms with Gasteiger partial charge in [-0.3, -0.25) is 9.89 Å². The number of nitrogens with zero attached hydrogens (tertiary/aromatic N) is 2. The van der Waals surface area contributed by atoms with Crippen molar-refractivity contribution in [3.05, 3.63) is 12.2 Å². The summed E-state index contributed by atoms with van der Waals surface area (Å²) in [5.74, 6) is 3.18. The molecule has 0 bridgehead atoms. The second-order valence-corrected chi connectivity index (χ2v) is 5.47. The number of thioether (sulfide) groups is 1. The molecule has 0 spiro atoms. The molecule has 1 atom stereocenters. The minimum absolute atomic E-state index is 0.132. The molecule has 0 radical (unpaired) electrons. The van der Waals surface area contributed by atoms with Crippen molar-refractivity contribution in [2.45, 2.75) is 25.3 Å². The summed E-state index contributed by atoms with van der Waals surface area (Å²) in [6.07, 6.45) is 3.78. The van der Waals surface area contributed by atoms with Crippen LogP contribution in [0.2, 0.25) is 0 Å². The molecule has 0 aliphatic carbocycles. The number of hydrogen-bond donors (Lipinski definition) is 3. The molecule has 100 valence electrons. The minimum atomic E-state index is 0.132. The Morgan fingerprint density at radius 1 is 1.61 bits per heavy atom. The lowest BCUT2D eigenvalue weighted by Gasteiger charge is -2.22. The first-order chi connectivity index (χ1) is 8.84. The monoisotopic (exact) mass is 269 g/mol. The van der Waals surface area contributed by atoms with Crippen LogP contribution in [0.15, 0.2) is 6.33 Å². The van der Waals surface area contributed by atoms with E-state index in [0.717, 1.165) is 36.7 Å². The number of H-pyrrole nitrogens is 1. The first-order valence-corrected chi connectivity index (χ1v) is 7.42. The van der Waals surface area contributed by atoms with Gasteiger partial charge < -0.3 is 10.6 Å². The summed E-state index contributed by atoms with van der Waals surface area (Å²) in [5.41, 5.74) is 0. The Hall–Kier alpha value is -1.08. The second kappa shape index (κ2) is 7.38. The lowest BCUT2D eigenvalue weighted by Crippen LogP contribution is -2.41. The fraction of sp³-hybridized carbons (Fsp3) is 0.727. The standard InChI is InChI=1S/C11H19N5OS/c17-11(6-9-7-18-5-4-12-9)13-3-1-2-10-14-8-15-16-10/h8-9,12H,1-7H2,(H,13,17)(H,14,15,16). The lowest BCUT2D eigenvalue weighted by molar-refractivity contribution is -0.121. The van der Waals surface area contributed by atoms with Gasteiger partial charge in [-0.25, -0.2) is 4.98 Å². The van der Waals surface area contributed by atoms with E-state index in [4.69, 9.17) is 0 Å². The Kier molecular flexibility index (Phi) is 5.47. The van der Waals surface area contributed by atoms with Crippen LogP contribution in [0.4, 0.5) is 0 Å². The third kappa shape index (κ3) is 4.66. The molecule has 1 aliphatic rings. The number of aryl methyl sites for hydroxylation is 1. The summed E-state index contributed by atoms with van der Waals surface area (Å²) < 4.78 is 0. The summed E-state index contributed by atoms with van der Waals surface area (Å²) in [4.78, 5) is 15.7. The molecule has 2 rings (SSSR count). The minimum Gasteiger partial charge on any atom is -0.356 e. The van der Waals surface area contributed by atoms with E-state index in [1.54, 1.807) is 0 Å². The summed E-state index contributed by atoms with van der Waals surface area (Å²) in [6, 6.07) is 0.332. The highest BCUT2D eigenvalue weighted by atomic mass is 32.2. The topological polar surface area (TPSA) is 82.7 Å². The molecule has 1 aliphatic heterocycles. The number of carbonyl (C=O) groups excluding carboxylic acids is 1. The zero-order chi connectivity index (χ0) is 12.6. The molecule has 18 heavy (non-hydrogen) atoms. The van der Waals surface area contributed by atoms with Crippen molar-refractivity contribution in [1.29, 1.82) is 0 Å². The first-order valence-electron chi connectivity index (χ1n) is 6.26. The molecule has 1 aromatic heterocycles. The number of aromatic amines is 1. The van der Waals surface area contributed by atoms with E-state index in [1.807, 2.05) is 11.8 Å². The number of aromatic nitrogens is 3. The van der Waals surface area contributed by atoms with Crippen LogP contribution >= 0.6 is 11.8 Å². The number of rotatable bonds is 6. The van der Waals surface area contributed by atoms with Gasteiger partial charge in [-0.05, 0) is 6.42 Å². The van der Waals surface area contributed by atoms with Crippen LogP contribution in [0.25, 0.3) is 0 Å². The molecule has 1 saturated heterocycles. The molecule has 0 saturated carbocycles. The Morgan fingerprint density at radius 2 is 2.56 bits per heavy atom. The molecular formula is C11H19N5OS. The van der Waals surface area contributed by atoms with Crippen molar-refractivity contribution in [3.63, 3.8) is 0 Å². The van der Waals surface area contributed by atoms with Crippen molar-refractivity contribution in [2.24, 2.45) is 0 Å². The molecule has 0 aromatic carbocycles. The van der Waals surface area contributed by atoms with Crippen molar-refractivity contribution >= 4 is 17.7 Å². The van der Waals surface area contributed by atoms with E-state index in [1.165, 1.54) is 6.33 Å². The van der Waals surface area contributed by atoms with Gasteiger partial charge in [0.15, 0.2) is 0 Å². The van der Waals surface area contributed by atoms with Gasteiger partial charge in [-0.2, -0.15) is 16.9 Å². The van der Waals surface area contributed by atoms with E-state index in [0.29, 0.717) is 19.0 Å². The van der Waals surface area contributed by atoms with Crippen LogP contribution in [0.5, 0.6) is 0 Å². The van der Waals surface area contributed by atoms with Gasteiger partial charge in [0.2, 0.25) is 5.91 Å². The van der Waals surface area contributed by atoms with Crippen LogP contribution < -0.4 is 10.6 Å². The van der Waals surface area contributed by atoms with Crippen LogP contribution in [0.1, 0.15) is 18.7 Å². The highest BCUT2D eigenvalue weighted by Gasteiger charge is 2.16. The normalized spacial score (nSPS) is 19.7. The number of amides is 1. The summed E-state index contributed by atoms with van der Waals surface area (Å²) in [7, 11) is 0. The average Bonchev–Trinajstić information content (AvgIpc) is 2.89. The van der Waals surface area contributed by atoms with Crippen molar-refractivity contribution < 1.29 is 4.79 Å². The fourth-order valence-corrected chi connectivity index (χ4v) is 2.83. The molecule has 3 N–H and O–H groups in total. The summed E-state index contributed by atoms with van der Waals surface area (Å²) in [5, 5.41) is 12.9. The van der Waals surface area contributed by atoms with E-state index in [9.17, 15) is 4.79 Å². The summed E-state index contributed by atoms with van der Waals surface area (Å²) in [6.45, 7) is 1.70. The van der Waals surface area contributed by atoms with Crippen LogP contribution in [0, 0.1) is 0 Å². The van der Waals surface area contributed by atoms with Crippen molar-refractivity contribution in [2.75, 3.05) is 24.6 Å². The van der Waals surface area contributed by atoms with Crippen LogP contribution in [-0.4, -0.2) is 51.7 Å². The Bertz CT molecular complexity index is 350. The van der Waals surface area contributed by atoms with Gasteiger partial charge in [0.1, 0.15) is 12.2 Å². The van der Waals surface area contributed by atoms with Gasteiger partial charge in [0.05, 0.1) is 0 Å². The molecule has 6 nitrogen and oxygen atoms in total. The predicted octanol–water partition coefficient (Wildman–Crippen LogP) is -0.0514. The predicted molar refractivity (Wildman–Crippen MR) is 71.4 cm³/mol. The fourth-order valence-electron chi connectivity index (χ4n) is 1.88. The van der Waals surface area contributed by atoms with Gasteiger partial charge in [0.25, 0.3) is 0 Å². The zero-order valence-corrected chi connectivity index (χ0v) is 11.1. The van der Waals surface area contributed by atoms with Crippen molar-refractivity contribution in [1.82, 2.24) is 25.8 Å². The van der Waals surface area contributed by atoms with E-state index >= 15 is 0 Å². The van der Waals surface area contributed by atoms with Crippen LogP contribution in [0.3, 0.4) is 0 Å². The molecule has 1 aromatic rings. The average molecular weight is 269 g/mol. The SMILES string of the molecule is O=C(CC1CSCCN1)NCCCc1ncn[nH]1. The van der Waals surface area contributed by atoms with E-state index in [2.05, 4.69) is 25.8 Å².